The summed E-state index contributed by atoms with van der Waals surface area (Å²) in [5.41, 5.74) is 6.41. The standard InChI is InChI=1S/C18H27N3O4/c1-10(2)16(19)18(23)20-12(4)21(5)11(3)17(22)13-6-7-14-15(8-13)25-9-24-14/h6-8,10-12,16H,9,19H2,1-5H3,(H,20,23)/t11?,12?,16-/m0/s1. The maximum Gasteiger partial charge on any atom is 0.238 e. The fourth-order valence-corrected chi connectivity index (χ4v) is 2.52. The fraction of sp³-hybridized carbons (Fsp3) is 0.556. The number of rotatable bonds is 7. The molecule has 138 valence electrons. The van der Waals surface area contributed by atoms with Gasteiger partial charge in [-0.2, -0.15) is 0 Å². The lowest BCUT2D eigenvalue weighted by atomic mass is 10.0. The molecule has 1 aliphatic heterocycles. The van der Waals surface area contributed by atoms with E-state index in [0.717, 1.165) is 0 Å². The second-order valence-corrected chi connectivity index (χ2v) is 6.73. The molecule has 0 aromatic heterocycles. The first-order chi connectivity index (χ1) is 11.7. The average molecular weight is 349 g/mol. The molecular formula is C18H27N3O4. The van der Waals surface area contributed by atoms with Gasteiger partial charge >= 0.3 is 0 Å². The van der Waals surface area contributed by atoms with Crippen LogP contribution in [0.4, 0.5) is 0 Å². The van der Waals surface area contributed by atoms with Gasteiger partial charge in [-0.05, 0) is 45.0 Å². The number of amides is 1. The maximum absolute atomic E-state index is 12.7. The second-order valence-electron chi connectivity index (χ2n) is 6.73. The molecule has 0 aliphatic carbocycles. The predicted molar refractivity (Wildman–Crippen MR) is 94.5 cm³/mol. The van der Waals surface area contributed by atoms with Crippen molar-refractivity contribution in [2.24, 2.45) is 11.7 Å². The number of fused-ring (bicyclic) bond motifs is 1. The smallest absolute Gasteiger partial charge is 0.238 e. The summed E-state index contributed by atoms with van der Waals surface area (Å²) in [5.74, 6) is 0.975. The van der Waals surface area contributed by atoms with E-state index in [1.54, 1.807) is 37.1 Å². The number of Topliss-reactive ketones (excluding diaryl/α,β-unsaturated/α-hetero) is 1. The van der Waals surface area contributed by atoms with Gasteiger partial charge in [0.2, 0.25) is 12.7 Å². The topological polar surface area (TPSA) is 93.9 Å². The van der Waals surface area contributed by atoms with E-state index in [-0.39, 0.29) is 30.6 Å². The minimum Gasteiger partial charge on any atom is -0.454 e. The van der Waals surface area contributed by atoms with Gasteiger partial charge in [0.05, 0.1) is 18.2 Å². The number of hydrogen-bond donors (Lipinski definition) is 2. The summed E-state index contributed by atoms with van der Waals surface area (Å²) in [5, 5.41) is 2.85. The van der Waals surface area contributed by atoms with Crippen LogP contribution in [0.15, 0.2) is 18.2 Å². The van der Waals surface area contributed by atoms with Crippen molar-refractivity contribution in [3.8, 4) is 11.5 Å². The number of ketones is 1. The summed E-state index contributed by atoms with van der Waals surface area (Å²) >= 11 is 0. The number of likely N-dealkylation sites (N-methyl/N-ethyl adjacent to an activating group) is 1. The highest BCUT2D eigenvalue weighted by Gasteiger charge is 2.27. The number of hydrogen-bond acceptors (Lipinski definition) is 6. The third kappa shape index (κ3) is 4.29. The Morgan fingerprint density at radius 3 is 2.44 bits per heavy atom. The highest BCUT2D eigenvalue weighted by atomic mass is 16.7. The molecule has 0 bridgehead atoms. The number of nitrogens with zero attached hydrogens (tertiary/aromatic N) is 1. The first-order valence-electron chi connectivity index (χ1n) is 8.44. The minimum absolute atomic E-state index is 0.0465. The van der Waals surface area contributed by atoms with Crippen molar-refractivity contribution in [2.75, 3.05) is 13.8 Å². The van der Waals surface area contributed by atoms with Gasteiger partial charge in [0.1, 0.15) is 0 Å². The van der Waals surface area contributed by atoms with E-state index >= 15 is 0 Å². The molecule has 1 amide bonds. The summed E-state index contributed by atoms with van der Waals surface area (Å²) in [6.07, 6.45) is -0.328. The van der Waals surface area contributed by atoms with Gasteiger partial charge < -0.3 is 20.5 Å². The van der Waals surface area contributed by atoms with Gasteiger partial charge in [-0.1, -0.05) is 13.8 Å². The zero-order valence-corrected chi connectivity index (χ0v) is 15.4. The van der Waals surface area contributed by atoms with E-state index in [9.17, 15) is 9.59 Å². The Balaban J connectivity index is 2.02. The highest BCUT2D eigenvalue weighted by molar-refractivity contribution is 6.00. The summed E-state index contributed by atoms with van der Waals surface area (Å²) in [6, 6.07) is 4.14. The molecule has 1 aromatic rings. The van der Waals surface area contributed by atoms with Crippen molar-refractivity contribution < 1.29 is 19.1 Å². The molecule has 1 aromatic carbocycles. The Morgan fingerprint density at radius 1 is 1.16 bits per heavy atom. The van der Waals surface area contributed by atoms with Crippen LogP contribution in [0.5, 0.6) is 11.5 Å². The van der Waals surface area contributed by atoms with Crippen molar-refractivity contribution >= 4 is 11.7 Å². The molecule has 0 radical (unpaired) electrons. The number of ether oxygens (including phenoxy) is 2. The molecule has 1 aliphatic rings. The minimum atomic E-state index is -0.573. The molecule has 25 heavy (non-hydrogen) atoms. The fourth-order valence-electron chi connectivity index (χ4n) is 2.52. The summed E-state index contributed by atoms with van der Waals surface area (Å²) in [4.78, 5) is 26.7. The van der Waals surface area contributed by atoms with Crippen LogP contribution in [0.2, 0.25) is 0 Å². The number of carbonyl (C=O) groups excluding carboxylic acids is 2. The number of nitrogens with two attached hydrogens (primary N) is 1. The van der Waals surface area contributed by atoms with Crippen LogP contribution in [-0.2, 0) is 4.79 Å². The molecule has 7 heteroatoms. The van der Waals surface area contributed by atoms with Crippen LogP contribution in [-0.4, -0.2) is 48.7 Å². The van der Waals surface area contributed by atoms with Crippen LogP contribution in [0.3, 0.4) is 0 Å². The molecule has 0 spiro atoms. The Labute approximate surface area is 148 Å². The summed E-state index contributed by atoms with van der Waals surface area (Å²) in [6.45, 7) is 7.59. The molecule has 3 N–H and O–H groups in total. The molecule has 0 saturated heterocycles. The Hall–Kier alpha value is -2.12. The van der Waals surface area contributed by atoms with Gasteiger partial charge in [-0.25, -0.2) is 0 Å². The predicted octanol–water partition coefficient (Wildman–Crippen LogP) is 1.36. The van der Waals surface area contributed by atoms with Crippen LogP contribution in [0.1, 0.15) is 38.1 Å². The first kappa shape index (κ1) is 19.2. The molecule has 2 unspecified atom stereocenters. The average Bonchev–Trinajstić information content (AvgIpc) is 3.06. The van der Waals surface area contributed by atoms with Gasteiger partial charge in [0, 0.05) is 5.56 Å². The number of nitrogens with one attached hydrogen (secondary N) is 1. The molecule has 0 fully saturated rings. The van der Waals surface area contributed by atoms with Crippen LogP contribution in [0, 0.1) is 5.92 Å². The molecule has 7 nitrogen and oxygen atoms in total. The zero-order chi connectivity index (χ0) is 18.7. The van der Waals surface area contributed by atoms with E-state index in [2.05, 4.69) is 5.32 Å². The quantitative estimate of drug-likeness (QED) is 0.570. The van der Waals surface area contributed by atoms with Crippen LogP contribution >= 0.6 is 0 Å². The lowest BCUT2D eigenvalue weighted by Crippen LogP contribution is -2.54. The maximum atomic E-state index is 12.7. The van der Waals surface area contributed by atoms with Crippen molar-refractivity contribution in [2.45, 2.75) is 45.9 Å². The monoisotopic (exact) mass is 349 g/mol. The third-order valence-corrected chi connectivity index (χ3v) is 4.63. The van der Waals surface area contributed by atoms with E-state index in [4.69, 9.17) is 15.2 Å². The van der Waals surface area contributed by atoms with Gasteiger partial charge in [-0.3, -0.25) is 14.5 Å². The highest BCUT2D eigenvalue weighted by Crippen LogP contribution is 2.33. The largest absolute Gasteiger partial charge is 0.454 e. The lowest BCUT2D eigenvalue weighted by molar-refractivity contribution is -0.125. The van der Waals surface area contributed by atoms with Crippen LogP contribution in [0.25, 0.3) is 0 Å². The first-order valence-corrected chi connectivity index (χ1v) is 8.44. The van der Waals surface area contributed by atoms with E-state index in [1.807, 2.05) is 20.8 Å². The van der Waals surface area contributed by atoms with Crippen molar-refractivity contribution in [1.82, 2.24) is 10.2 Å². The summed E-state index contributed by atoms with van der Waals surface area (Å²) < 4.78 is 10.6. The van der Waals surface area contributed by atoms with Crippen molar-refractivity contribution in [3.05, 3.63) is 23.8 Å². The van der Waals surface area contributed by atoms with E-state index < -0.39 is 12.1 Å². The Kier molecular flexibility index (Phi) is 6.02. The molecule has 1 heterocycles. The lowest BCUT2D eigenvalue weighted by Gasteiger charge is -2.31. The molecule has 3 atom stereocenters. The van der Waals surface area contributed by atoms with E-state index in [1.165, 1.54) is 0 Å². The molecule has 0 saturated carbocycles. The second kappa shape index (κ2) is 7.84. The van der Waals surface area contributed by atoms with Crippen molar-refractivity contribution in [3.63, 3.8) is 0 Å². The SMILES string of the molecule is CC(C)[C@H](N)C(=O)NC(C)N(C)C(C)C(=O)c1ccc2c(c1)OCO2. The zero-order valence-electron chi connectivity index (χ0n) is 15.4. The van der Waals surface area contributed by atoms with Crippen molar-refractivity contribution in [1.29, 1.82) is 0 Å². The normalized spacial score (nSPS) is 16.6. The number of benzene rings is 1. The van der Waals surface area contributed by atoms with Gasteiger partial charge in [0.15, 0.2) is 17.3 Å². The van der Waals surface area contributed by atoms with E-state index in [0.29, 0.717) is 17.1 Å². The van der Waals surface area contributed by atoms with Crippen LogP contribution < -0.4 is 20.5 Å². The molecular weight excluding hydrogens is 322 g/mol. The summed E-state index contributed by atoms with van der Waals surface area (Å²) in [7, 11) is 1.79. The third-order valence-electron chi connectivity index (χ3n) is 4.63. The van der Waals surface area contributed by atoms with Gasteiger partial charge in [-0.15, -0.1) is 0 Å². The number of carbonyl (C=O) groups is 2. The van der Waals surface area contributed by atoms with Gasteiger partial charge in [0.25, 0.3) is 0 Å². The Bertz CT molecular complexity index is 647. The Morgan fingerprint density at radius 2 is 1.80 bits per heavy atom. The molecule has 2 rings (SSSR count).